The summed E-state index contributed by atoms with van der Waals surface area (Å²) in [5, 5.41) is 4.54. The molecule has 2 aromatic carbocycles. The Morgan fingerprint density at radius 2 is 1.64 bits per heavy atom. The van der Waals surface area contributed by atoms with Crippen molar-refractivity contribution in [2.24, 2.45) is 0 Å². The van der Waals surface area contributed by atoms with E-state index in [0.717, 1.165) is 73.0 Å². The topological polar surface area (TPSA) is 50.6 Å². The van der Waals surface area contributed by atoms with Gasteiger partial charge in [-0.05, 0) is 56.5 Å². The summed E-state index contributed by atoms with van der Waals surface area (Å²) < 4.78 is 8.03. The molecule has 1 aromatic heterocycles. The number of ether oxygens (including phenoxy) is 1. The number of hydrogen-bond donors (Lipinski definition) is 0. The maximum absolute atomic E-state index is 13.0. The number of benzene rings is 2. The van der Waals surface area contributed by atoms with E-state index in [4.69, 9.17) is 4.74 Å². The molecule has 0 saturated carbocycles. The average Bonchev–Trinajstić information content (AvgIpc) is 3.18. The maximum Gasteiger partial charge on any atom is 0.253 e. The zero-order valence-electron chi connectivity index (χ0n) is 20.2. The number of carbonyl (C=O) groups excluding carboxylic acids is 1. The lowest BCUT2D eigenvalue weighted by Crippen LogP contribution is -2.48. The minimum atomic E-state index is 0.104. The first-order chi connectivity index (χ1) is 15.9. The second-order valence-electron chi connectivity index (χ2n) is 8.87. The highest BCUT2D eigenvalue weighted by Crippen LogP contribution is 2.23. The van der Waals surface area contributed by atoms with Crippen molar-refractivity contribution in [3.8, 4) is 5.75 Å². The third kappa shape index (κ3) is 5.45. The molecule has 1 aliphatic heterocycles. The fourth-order valence-corrected chi connectivity index (χ4v) is 4.33. The molecule has 1 saturated heterocycles. The van der Waals surface area contributed by atoms with Crippen molar-refractivity contribution in [1.82, 2.24) is 19.6 Å². The zero-order chi connectivity index (χ0) is 23.4. The van der Waals surface area contributed by atoms with Gasteiger partial charge in [-0.25, -0.2) is 0 Å². The Labute approximate surface area is 196 Å². The second kappa shape index (κ2) is 10.2. The SMILES string of the molecule is CCn1cc(CN2CCN(C(=O)c3ccc(COc4c(C)cccc4C)cc3)CC2)c(C)n1. The number of rotatable bonds is 7. The van der Waals surface area contributed by atoms with Crippen molar-refractivity contribution in [2.75, 3.05) is 26.2 Å². The Bertz CT molecular complexity index is 1080. The van der Waals surface area contributed by atoms with E-state index in [9.17, 15) is 4.79 Å². The molecular weight excluding hydrogens is 412 g/mol. The molecule has 4 rings (SSSR count). The highest BCUT2D eigenvalue weighted by atomic mass is 16.5. The van der Waals surface area contributed by atoms with Crippen LogP contribution in [-0.2, 0) is 19.7 Å². The van der Waals surface area contributed by atoms with Gasteiger partial charge in [-0.1, -0.05) is 30.3 Å². The summed E-state index contributed by atoms with van der Waals surface area (Å²) in [5.41, 5.74) is 6.43. The molecule has 1 amide bonds. The van der Waals surface area contributed by atoms with Crippen LogP contribution in [0.15, 0.2) is 48.7 Å². The third-order valence-electron chi connectivity index (χ3n) is 6.42. The predicted octanol–water partition coefficient (Wildman–Crippen LogP) is 4.37. The lowest BCUT2D eigenvalue weighted by atomic mass is 10.1. The molecule has 3 aromatic rings. The van der Waals surface area contributed by atoms with E-state index in [-0.39, 0.29) is 5.91 Å². The monoisotopic (exact) mass is 446 g/mol. The van der Waals surface area contributed by atoms with Crippen LogP contribution in [0.1, 0.15) is 45.2 Å². The van der Waals surface area contributed by atoms with Crippen LogP contribution < -0.4 is 4.74 Å². The van der Waals surface area contributed by atoms with Crippen LogP contribution in [0.25, 0.3) is 0 Å². The van der Waals surface area contributed by atoms with Gasteiger partial charge in [0.05, 0.1) is 5.69 Å². The smallest absolute Gasteiger partial charge is 0.253 e. The average molecular weight is 447 g/mol. The highest BCUT2D eigenvalue weighted by Gasteiger charge is 2.23. The summed E-state index contributed by atoms with van der Waals surface area (Å²) in [6.45, 7) is 13.8. The Balaban J connectivity index is 1.29. The van der Waals surface area contributed by atoms with Crippen LogP contribution in [0.2, 0.25) is 0 Å². The molecule has 0 aliphatic carbocycles. The molecule has 33 heavy (non-hydrogen) atoms. The maximum atomic E-state index is 13.0. The van der Waals surface area contributed by atoms with Crippen LogP contribution in [0.4, 0.5) is 0 Å². The molecule has 0 atom stereocenters. The molecule has 0 unspecified atom stereocenters. The van der Waals surface area contributed by atoms with E-state index in [1.165, 1.54) is 5.56 Å². The molecule has 1 fully saturated rings. The van der Waals surface area contributed by atoms with Gasteiger partial charge < -0.3 is 9.64 Å². The number of aromatic nitrogens is 2. The number of hydrogen-bond acceptors (Lipinski definition) is 4. The summed E-state index contributed by atoms with van der Waals surface area (Å²) in [5.74, 6) is 1.04. The van der Waals surface area contributed by atoms with Gasteiger partial charge >= 0.3 is 0 Å². The molecule has 0 bridgehead atoms. The van der Waals surface area contributed by atoms with E-state index in [0.29, 0.717) is 6.61 Å². The Morgan fingerprint density at radius 3 is 2.24 bits per heavy atom. The van der Waals surface area contributed by atoms with Crippen molar-refractivity contribution in [3.05, 3.63) is 82.2 Å². The minimum absolute atomic E-state index is 0.104. The molecule has 6 heteroatoms. The van der Waals surface area contributed by atoms with Gasteiger partial charge in [-0.2, -0.15) is 5.10 Å². The predicted molar refractivity (Wildman–Crippen MR) is 131 cm³/mol. The van der Waals surface area contributed by atoms with Crippen LogP contribution >= 0.6 is 0 Å². The van der Waals surface area contributed by atoms with Crippen molar-refractivity contribution < 1.29 is 9.53 Å². The number of aryl methyl sites for hydroxylation is 4. The van der Waals surface area contributed by atoms with Crippen molar-refractivity contribution in [1.29, 1.82) is 0 Å². The van der Waals surface area contributed by atoms with Crippen molar-refractivity contribution in [3.63, 3.8) is 0 Å². The number of nitrogens with zero attached hydrogens (tertiary/aromatic N) is 4. The van der Waals surface area contributed by atoms with Gasteiger partial charge in [0, 0.05) is 56.6 Å². The number of amides is 1. The first kappa shape index (κ1) is 23.1. The normalized spacial score (nSPS) is 14.5. The van der Waals surface area contributed by atoms with Gasteiger partial charge in [-0.3, -0.25) is 14.4 Å². The first-order valence-corrected chi connectivity index (χ1v) is 11.8. The Morgan fingerprint density at radius 1 is 0.970 bits per heavy atom. The molecule has 174 valence electrons. The van der Waals surface area contributed by atoms with Gasteiger partial charge in [0.1, 0.15) is 12.4 Å². The Hall–Kier alpha value is -3.12. The number of carbonyl (C=O) groups is 1. The third-order valence-corrected chi connectivity index (χ3v) is 6.42. The van der Waals surface area contributed by atoms with E-state index in [1.54, 1.807) is 0 Å². The van der Waals surface area contributed by atoms with Crippen LogP contribution in [0, 0.1) is 20.8 Å². The Kier molecular flexibility index (Phi) is 7.14. The summed E-state index contributed by atoms with van der Waals surface area (Å²) in [6, 6.07) is 14.0. The summed E-state index contributed by atoms with van der Waals surface area (Å²) in [7, 11) is 0. The van der Waals surface area contributed by atoms with Crippen molar-refractivity contribution >= 4 is 5.91 Å². The largest absolute Gasteiger partial charge is 0.488 e. The minimum Gasteiger partial charge on any atom is -0.488 e. The van der Waals surface area contributed by atoms with Gasteiger partial charge in [0.2, 0.25) is 0 Å². The highest BCUT2D eigenvalue weighted by molar-refractivity contribution is 5.94. The van der Waals surface area contributed by atoms with Crippen LogP contribution in [0.5, 0.6) is 5.75 Å². The molecule has 2 heterocycles. The molecule has 0 radical (unpaired) electrons. The fraction of sp³-hybridized carbons (Fsp3) is 0.407. The molecule has 0 N–H and O–H groups in total. The second-order valence-corrected chi connectivity index (χ2v) is 8.87. The summed E-state index contributed by atoms with van der Waals surface area (Å²) in [4.78, 5) is 17.4. The van der Waals surface area contributed by atoms with Crippen LogP contribution in [-0.4, -0.2) is 51.7 Å². The van der Waals surface area contributed by atoms with Gasteiger partial charge in [0.15, 0.2) is 0 Å². The van der Waals surface area contributed by atoms with Gasteiger partial charge in [-0.15, -0.1) is 0 Å². The lowest BCUT2D eigenvalue weighted by molar-refractivity contribution is 0.0628. The summed E-state index contributed by atoms with van der Waals surface area (Å²) >= 11 is 0. The summed E-state index contributed by atoms with van der Waals surface area (Å²) in [6.07, 6.45) is 2.14. The van der Waals surface area contributed by atoms with E-state index in [2.05, 4.69) is 56.0 Å². The lowest BCUT2D eigenvalue weighted by Gasteiger charge is -2.34. The zero-order valence-corrected chi connectivity index (χ0v) is 20.2. The molecule has 1 aliphatic rings. The number of para-hydroxylation sites is 1. The quantitative estimate of drug-likeness (QED) is 0.541. The molecule has 0 spiro atoms. The van der Waals surface area contributed by atoms with E-state index < -0.39 is 0 Å². The molecule has 6 nitrogen and oxygen atoms in total. The number of piperazine rings is 1. The van der Waals surface area contributed by atoms with Gasteiger partial charge in [0.25, 0.3) is 5.91 Å². The van der Waals surface area contributed by atoms with Crippen LogP contribution in [0.3, 0.4) is 0 Å². The van der Waals surface area contributed by atoms with E-state index >= 15 is 0 Å². The first-order valence-electron chi connectivity index (χ1n) is 11.8. The standard InChI is InChI=1S/C27H34N4O2/c1-5-31-18-25(22(4)28-31)17-29-13-15-30(16-14-29)27(32)24-11-9-23(10-12-24)19-33-26-20(2)7-6-8-21(26)3/h6-12,18H,5,13-17,19H2,1-4H3. The van der Waals surface area contributed by atoms with E-state index in [1.807, 2.05) is 39.9 Å². The fourth-order valence-electron chi connectivity index (χ4n) is 4.33. The molecular formula is C27H34N4O2. The van der Waals surface area contributed by atoms with Crippen molar-refractivity contribution in [2.45, 2.75) is 47.4 Å².